The summed E-state index contributed by atoms with van der Waals surface area (Å²) in [6.07, 6.45) is 4.26. The van der Waals surface area contributed by atoms with Crippen molar-refractivity contribution in [3.8, 4) is 0 Å². The summed E-state index contributed by atoms with van der Waals surface area (Å²) < 4.78 is 0. The van der Waals surface area contributed by atoms with Gasteiger partial charge in [-0.15, -0.1) is 23.1 Å². The van der Waals surface area contributed by atoms with E-state index in [2.05, 4.69) is 39.1 Å². The molecule has 2 unspecified atom stereocenters. The second kappa shape index (κ2) is 11.1. The number of aldehydes is 1. The van der Waals surface area contributed by atoms with Crippen LogP contribution >= 0.6 is 47.9 Å². The molecule has 0 saturated carbocycles. The van der Waals surface area contributed by atoms with Crippen LogP contribution in [0.5, 0.6) is 0 Å². The maximum absolute atomic E-state index is 12.1. The van der Waals surface area contributed by atoms with Gasteiger partial charge >= 0.3 is 0 Å². The summed E-state index contributed by atoms with van der Waals surface area (Å²) in [5.41, 5.74) is 5.96. The fraction of sp³-hybridized carbons (Fsp3) is 0.250. The number of para-hydroxylation sites is 1. The number of thiazole rings is 1. The molecule has 27 heavy (non-hydrogen) atoms. The molecule has 0 saturated heterocycles. The van der Waals surface area contributed by atoms with Crippen molar-refractivity contribution in [1.29, 1.82) is 0 Å². The first-order valence-electron chi connectivity index (χ1n) is 7.81. The molecule has 0 aliphatic rings. The van der Waals surface area contributed by atoms with E-state index in [1.165, 1.54) is 11.3 Å². The zero-order valence-electron chi connectivity index (χ0n) is 14.3. The molecule has 0 spiro atoms. The minimum absolute atomic E-state index is 0.0486. The van der Waals surface area contributed by atoms with Gasteiger partial charge in [0.2, 0.25) is 5.91 Å². The number of nitrogens with one attached hydrogen (secondary N) is 4. The van der Waals surface area contributed by atoms with Crippen LogP contribution in [0.25, 0.3) is 0 Å². The molecule has 2 aromatic rings. The third kappa shape index (κ3) is 7.01. The highest BCUT2D eigenvalue weighted by molar-refractivity contribution is 7.98. The average Bonchev–Trinajstić information content (AvgIpc) is 3.17. The Labute approximate surface area is 176 Å². The van der Waals surface area contributed by atoms with Crippen LogP contribution in [0.15, 0.2) is 40.7 Å². The number of hydrogen-bond acceptors (Lipinski definition) is 8. The molecule has 1 aromatic heterocycles. The molecule has 144 valence electrons. The fourth-order valence-corrected chi connectivity index (χ4v) is 3.72. The van der Waals surface area contributed by atoms with Crippen LogP contribution in [0.3, 0.4) is 0 Å². The Balaban J connectivity index is 1.80. The van der Waals surface area contributed by atoms with Crippen molar-refractivity contribution in [3.05, 3.63) is 35.8 Å². The standard InChI is InChI=1S/C16H19N5O2S4/c1-26-12-5-3-2-4-11(12)18-15(25)21-20-13(23)8-10(9-22)14(24)19-16-17-6-7-27-16/h2-7,9-10,14,24H,8H2,1H3,(H,17,19)(H,20,23)(H2,18,21,25). The number of benzene rings is 1. The molecule has 4 N–H and O–H groups in total. The zero-order chi connectivity index (χ0) is 19.6. The van der Waals surface area contributed by atoms with Crippen molar-refractivity contribution in [2.24, 2.45) is 5.92 Å². The smallest absolute Gasteiger partial charge is 0.239 e. The van der Waals surface area contributed by atoms with Crippen molar-refractivity contribution in [1.82, 2.24) is 15.8 Å². The Morgan fingerprint density at radius 2 is 2.19 bits per heavy atom. The SMILES string of the molecule is CSc1ccccc1NC(=S)NNC(=O)CC(C=O)C(S)Nc1nccs1. The van der Waals surface area contributed by atoms with Crippen molar-refractivity contribution in [2.75, 3.05) is 16.9 Å². The minimum Gasteiger partial charge on any atom is -0.349 e. The molecule has 11 heteroatoms. The van der Waals surface area contributed by atoms with Crippen molar-refractivity contribution < 1.29 is 9.59 Å². The lowest BCUT2D eigenvalue weighted by molar-refractivity contribution is -0.124. The number of hydrazine groups is 1. The molecule has 1 aromatic carbocycles. The van der Waals surface area contributed by atoms with Gasteiger partial charge in [-0.2, -0.15) is 12.6 Å². The molecular weight excluding hydrogens is 422 g/mol. The Morgan fingerprint density at radius 1 is 1.41 bits per heavy atom. The largest absolute Gasteiger partial charge is 0.349 e. The number of aromatic nitrogens is 1. The van der Waals surface area contributed by atoms with Crippen LogP contribution in [0.2, 0.25) is 0 Å². The van der Waals surface area contributed by atoms with Gasteiger partial charge in [-0.3, -0.25) is 15.6 Å². The molecule has 0 fully saturated rings. The predicted molar refractivity (Wildman–Crippen MR) is 118 cm³/mol. The zero-order valence-corrected chi connectivity index (χ0v) is 17.7. The normalized spacial score (nSPS) is 12.5. The van der Waals surface area contributed by atoms with Gasteiger partial charge in [0.05, 0.1) is 17.0 Å². The number of hydrogen-bond donors (Lipinski definition) is 5. The Morgan fingerprint density at radius 3 is 2.85 bits per heavy atom. The van der Waals surface area contributed by atoms with E-state index in [1.54, 1.807) is 23.3 Å². The summed E-state index contributed by atoms with van der Waals surface area (Å²) in [4.78, 5) is 28.5. The second-order valence-corrected chi connectivity index (χ2v) is 7.97. The van der Waals surface area contributed by atoms with Gasteiger partial charge in [-0.1, -0.05) is 12.1 Å². The Bertz CT molecular complexity index is 772. The highest BCUT2D eigenvalue weighted by Crippen LogP contribution is 2.24. The van der Waals surface area contributed by atoms with Crippen LogP contribution in [0.4, 0.5) is 10.8 Å². The average molecular weight is 442 g/mol. The Kier molecular flexibility index (Phi) is 8.85. The summed E-state index contributed by atoms with van der Waals surface area (Å²) in [5, 5.41) is 8.16. The summed E-state index contributed by atoms with van der Waals surface area (Å²) in [6.45, 7) is 0. The summed E-state index contributed by atoms with van der Waals surface area (Å²) in [7, 11) is 0. The van der Waals surface area contributed by atoms with Gasteiger partial charge < -0.3 is 15.4 Å². The second-order valence-electron chi connectivity index (χ2n) is 5.26. The van der Waals surface area contributed by atoms with E-state index < -0.39 is 11.3 Å². The van der Waals surface area contributed by atoms with Crippen molar-refractivity contribution >= 4 is 76.1 Å². The maximum atomic E-state index is 12.1. The summed E-state index contributed by atoms with van der Waals surface area (Å²) in [5.74, 6) is -1.01. The number of thiol groups is 1. The molecule has 2 rings (SSSR count). The lowest BCUT2D eigenvalue weighted by atomic mass is 10.1. The third-order valence-corrected chi connectivity index (χ3v) is 5.59. The molecule has 0 bridgehead atoms. The van der Waals surface area contributed by atoms with Gasteiger partial charge in [0.1, 0.15) is 6.29 Å². The molecule has 2 atom stereocenters. The lowest BCUT2D eigenvalue weighted by Gasteiger charge is -2.19. The van der Waals surface area contributed by atoms with Crippen LogP contribution in [-0.2, 0) is 9.59 Å². The Hall–Kier alpha value is -1.82. The number of anilines is 2. The first kappa shape index (κ1) is 21.5. The van der Waals surface area contributed by atoms with E-state index >= 15 is 0 Å². The first-order valence-corrected chi connectivity index (χ1v) is 10.8. The summed E-state index contributed by atoms with van der Waals surface area (Å²) in [6, 6.07) is 7.67. The highest BCUT2D eigenvalue weighted by atomic mass is 32.2. The first-order chi connectivity index (χ1) is 13.0. The number of nitrogens with zero attached hydrogens (tertiary/aromatic N) is 1. The fourth-order valence-electron chi connectivity index (χ4n) is 2.06. The van der Waals surface area contributed by atoms with Crippen LogP contribution in [-0.4, -0.2) is 33.9 Å². The lowest BCUT2D eigenvalue weighted by Crippen LogP contribution is -2.45. The van der Waals surface area contributed by atoms with E-state index in [9.17, 15) is 9.59 Å². The van der Waals surface area contributed by atoms with Gasteiger partial charge in [-0.25, -0.2) is 4.98 Å². The number of rotatable bonds is 8. The predicted octanol–water partition coefficient (Wildman–Crippen LogP) is 2.76. The van der Waals surface area contributed by atoms with E-state index in [0.29, 0.717) is 11.4 Å². The van der Waals surface area contributed by atoms with Gasteiger partial charge in [0, 0.05) is 22.9 Å². The van der Waals surface area contributed by atoms with E-state index in [0.717, 1.165) is 10.6 Å². The quantitative estimate of drug-likeness (QED) is 0.107. The van der Waals surface area contributed by atoms with E-state index in [4.69, 9.17) is 12.2 Å². The third-order valence-electron chi connectivity index (χ3n) is 3.38. The van der Waals surface area contributed by atoms with Crippen molar-refractivity contribution in [3.63, 3.8) is 0 Å². The molecule has 1 heterocycles. The van der Waals surface area contributed by atoms with Crippen LogP contribution in [0, 0.1) is 5.92 Å². The highest BCUT2D eigenvalue weighted by Gasteiger charge is 2.21. The molecule has 7 nitrogen and oxygen atoms in total. The number of thiocarbonyl (C=S) groups is 1. The molecule has 0 aliphatic carbocycles. The van der Waals surface area contributed by atoms with Crippen LogP contribution in [0.1, 0.15) is 6.42 Å². The maximum Gasteiger partial charge on any atom is 0.239 e. The number of amides is 1. The van der Waals surface area contributed by atoms with Gasteiger partial charge in [-0.05, 0) is 30.6 Å². The van der Waals surface area contributed by atoms with Gasteiger partial charge in [0.25, 0.3) is 0 Å². The molecular formula is C16H19N5O2S4. The summed E-state index contributed by atoms with van der Waals surface area (Å²) >= 11 is 12.5. The number of carbonyl (C=O) groups excluding carboxylic acids is 2. The monoisotopic (exact) mass is 441 g/mol. The topological polar surface area (TPSA) is 95.1 Å². The van der Waals surface area contributed by atoms with E-state index in [1.807, 2.05) is 30.5 Å². The minimum atomic E-state index is -0.627. The number of thioether (sulfide) groups is 1. The van der Waals surface area contributed by atoms with Gasteiger partial charge in [0.15, 0.2) is 10.2 Å². The van der Waals surface area contributed by atoms with Crippen molar-refractivity contribution in [2.45, 2.75) is 16.7 Å². The van der Waals surface area contributed by atoms with Crippen LogP contribution < -0.4 is 21.5 Å². The number of carbonyl (C=O) groups is 2. The molecule has 0 radical (unpaired) electrons. The molecule has 1 amide bonds. The molecule has 0 aliphatic heterocycles. The van der Waals surface area contributed by atoms with E-state index in [-0.39, 0.29) is 17.4 Å².